The largest absolute Gasteiger partial charge is 1.00 e. The molecule has 0 aliphatic carbocycles. The Morgan fingerprint density at radius 1 is 1.00 bits per heavy atom. The van der Waals surface area contributed by atoms with Crippen LogP contribution in [-0.2, 0) is 11.3 Å². The van der Waals surface area contributed by atoms with Gasteiger partial charge in [0.05, 0.1) is 17.0 Å². The molecule has 0 fully saturated rings. The van der Waals surface area contributed by atoms with Crippen molar-refractivity contribution in [3.05, 3.63) is 94.1 Å². The number of aromatic nitrogens is 1. The zero-order valence-electron chi connectivity index (χ0n) is 22.2. The minimum atomic E-state index is -4.89. The van der Waals surface area contributed by atoms with Crippen LogP contribution in [0.15, 0.2) is 66.7 Å². The molecular weight excluding hydrogens is 558 g/mol. The third-order valence-corrected chi connectivity index (χ3v) is 6.46. The molecule has 3 aromatic carbocycles. The predicted molar refractivity (Wildman–Crippen MR) is 138 cm³/mol. The molecule has 1 heterocycles. The van der Waals surface area contributed by atoms with Gasteiger partial charge in [0.15, 0.2) is 5.78 Å². The molecule has 1 atom stereocenters. The number of carbonyl (C=O) groups is 2. The Balaban J connectivity index is 0.00000441. The first-order valence-corrected chi connectivity index (χ1v) is 12.4. The second-order valence-corrected chi connectivity index (χ2v) is 9.79. The minimum Gasteiger partial charge on any atom is -0.546 e. The molecule has 0 aliphatic rings. The molecule has 1 unspecified atom stereocenters. The van der Waals surface area contributed by atoms with Gasteiger partial charge in [0.1, 0.15) is 17.6 Å². The molecule has 204 valence electrons. The van der Waals surface area contributed by atoms with Gasteiger partial charge in [-0.3, -0.25) is 4.79 Å². The van der Waals surface area contributed by atoms with E-state index in [0.29, 0.717) is 44.1 Å². The van der Waals surface area contributed by atoms with Crippen molar-refractivity contribution in [2.45, 2.75) is 39.8 Å². The predicted octanol–water partition coefficient (Wildman–Crippen LogP) is 2.94. The van der Waals surface area contributed by atoms with Crippen molar-refractivity contribution in [1.29, 1.82) is 0 Å². The Bertz CT molecular complexity index is 1530. The summed E-state index contributed by atoms with van der Waals surface area (Å²) < 4.78 is 50.4. The maximum Gasteiger partial charge on any atom is 1.00 e. The summed E-state index contributed by atoms with van der Waals surface area (Å²) in [6.45, 7) is 5.25. The van der Waals surface area contributed by atoms with Gasteiger partial charge < -0.3 is 23.9 Å². The number of carboxylic acid groups (broad SMARTS) is 1. The normalized spacial score (nSPS) is 12.2. The van der Waals surface area contributed by atoms with Gasteiger partial charge in [-0.05, 0) is 66.9 Å². The first kappa shape index (κ1) is 31.5. The molecule has 4 aromatic rings. The van der Waals surface area contributed by atoms with Crippen LogP contribution in [0.5, 0.6) is 11.5 Å². The zero-order valence-corrected chi connectivity index (χ0v) is 25.0. The number of carboxylic acids is 1. The number of nitrogens with zero attached hydrogens (tertiary/aromatic N) is 1. The second-order valence-electron chi connectivity index (χ2n) is 9.36. The number of hydrogen-bond donors (Lipinski definition) is 0. The number of rotatable bonds is 9. The Hall–Kier alpha value is -2.98. The fourth-order valence-corrected chi connectivity index (χ4v) is 4.52. The summed E-state index contributed by atoms with van der Waals surface area (Å²) >= 11 is 5.96. The molecule has 6 nitrogen and oxygen atoms in total. The standard InChI is InChI=1S/C29H25ClF3NO5.Na/c1-16(2)27(28(36)37)38-21-6-4-5-18(13-21)15-34-17(3)25(26(35)19-7-9-20(30)10-8-19)23-12-11-22(14-24(23)34)39-29(31,32)33;/h4-14,16,27H,15H2,1-3H3,(H,36,37);/q;+1/p-1. The van der Waals surface area contributed by atoms with E-state index in [4.69, 9.17) is 16.3 Å². The second kappa shape index (κ2) is 12.7. The number of aliphatic carboxylic acids is 1. The summed E-state index contributed by atoms with van der Waals surface area (Å²) in [7, 11) is 0. The maximum absolute atomic E-state index is 13.5. The Labute approximate surface area is 255 Å². The van der Waals surface area contributed by atoms with E-state index >= 15 is 0 Å². The number of hydrogen-bond acceptors (Lipinski definition) is 5. The Kier molecular flexibility index (Phi) is 10.0. The van der Waals surface area contributed by atoms with Crippen molar-refractivity contribution in [1.82, 2.24) is 4.57 Å². The molecule has 11 heteroatoms. The molecule has 0 amide bonds. The van der Waals surface area contributed by atoms with Crippen LogP contribution in [0, 0.1) is 12.8 Å². The SMILES string of the molecule is Cc1c(C(=O)c2ccc(Cl)cc2)c2ccc(OC(F)(F)F)cc2n1Cc1cccc(OC(C(=O)[O-])C(C)C)c1.[Na+]. The van der Waals surface area contributed by atoms with Crippen molar-refractivity contribution in [2.75, 3.05) is 0 Å². The van der Waals surface area contributed by atoms with Crippen LogP contribution in [0.3, 0.4) is 0 Å². The van der Waals surface area contributed by atoms with E-state index in [1.54, 1.807) is 73.9 Å². The summed E-state index contributed by atoms with van der Waals surface area (Å²) in [6, 6.07) is 16.8. The average Bonchev–Trinajstić information content (AvgIpc) is 3.12. The van der Waals surface area contributed by atoms with Crippen LogP contribution in [-0.4, -0.2) is 28.8 Å². The molecule has 0 saturated carbocycles. The number of ketones is 1. The molecule has 40 heavy (non-hydrogen) atoms. The van der Waals surface area contributed by atoms with Gasteiger partial charge >= 0.3 is 35.9 Å². The van der Waals surface area contributed by atoms with Crippen molar-refractivity contribution in [2.24, 2.45) is 5.92 Å². The van der Waals surface area contributed by atoms with Gasteiger partial charge in [-0.15, -0.1) is 13.2 Å². The topological polar surface area (TPSA) is 80.6 Å². The van der Waals surface area contributed by atoms with Crippen molar-refractivity contribution in [3.8, 4) is 11.5 Å². The van der Waals surface area contributed by atoms with Crippen molar-refractivity contribution >= 4 is 34.3 Å². The van der Waals surface area contributed by atoms with Crippen LogP contribution < -0.4 is 44.1 Å². The van der Waals surface area contributed by atoms with Crippen LogP contribution in [0.4, 0.5) is 13.2 Å². The average molecular weight is 582 g/mol. The maximum atomic E-state index is 13.5. The quantitative estimate of drug-likeness (QED) is 0.224. The van der Waals surface area contributed by atoms with E-state index in [0.717, 1.165) is 0 Å². The first-order chi connectivity index (χ1) is 18.3. The van der Waals surface area contributed by atoms with Gasteiger partial charge in [0.25, 0.3) is 0 Å². The van der Waals surface area contributed by atoms with Crippen molar-refractivity contribution < 1.29 is 66.9 Å². The first-order valence-electron chi connectivity index (χ1n) is 12.0. The molecule has 4 rings (SSSR count). The van der Waals surface area contributed by atoms with Crippen LogP contribution in [0.25, 0.3) is 10.9 Å². The zero-order chi connectivity index (χ0) is 28.5. The number of benzene rings is 3. The van der Waals surface area contributed by atoms with E-state index < -0.39 is 24.2 Å². The van der Waals surface area contributed by atoms with E-state index in [2.05, 4.69) is 4.74 Å². The third-order valence-electron chi connectivity index (χ3n) is 6.20. The number of carbonyl (C=O) groups excluding carboxylic acids is 2. The number of ether oxygens (including phenoxy) is 2. The summed E-state index contributed by atoms with van der Waals surface area (Å²) in [5.74, 6) is -2.13. The third kappa shape index (κ3) is 7.20. The summed E-state index contributed by atoms with van der Waals surface area (Å²) in [5, 5.41) is 12.4. The molecule has 0 aliphatic heterocycles. The van der Waals surface area contributed by atoms with E-state index in [1.807, 2.05) is 0 Å². The van der Waals surface area contributed by atoms with Crippen LogP contribution >= 0.6 is 11.6 Å². The van der Waals surface area contributed by atoms with Gasteiger partial charge in [0, 0.05) is 34.3 Å². The summed E-state index contributed by atoms with van der Waals surface area (Å²) in [4.78, 5) is 25.0. The van der Waals surface area contributed by atoms with E-state index in [1.165, 1.54) is 18.2 Å². The Morgan fingerprint density at radius 2 is 1.68 bits per heavy atom. The molecule has 0 saturated heterocycles. The number of halogens is 4. The van der Waals surface area contributed by atoms with Gasteiger partial charge in [-0.2, -0.15) is 0 Å². The molecular formula is C29H24ClF3NNaO5. The van der Waals surface area contributed by atoms with E-state index in [9.17, 15) is 27.9 Å². The Morgan fingerprint density at radius 3 is 2.27 bits per heavy atom. The minimum absolute atomic E-state index is 0. The summed E-state index contributed by atoms with van der Waals surface area (Å²) in [5.41, 5.74) is 2.24. The van der Waals surface area contributed by atoms with Gasteiger partial charge in [-0.25, -0.2) is 0 Å². The fourth-order valence-electron chi connectivity index (χ4n) is 4.39. The van der Waals surface area contributed by atoms with Crippen LogP contribution in [0.2, 0.25) is 5.02 Å². The molecule has 0 radical (unpaired) electrons. The molecule has 0 spiro atoms. The molecule has 0 N–H and O–H groups in total. The fraction of sp³-hybridized carbons (Fsp3) is 0.241. The molecule has 0 bridgehead atoms. The number of fused-ring (bicyclic) bond motifs is 1. The van der Waals surface area contributed by atoms with E-state index in [-0.39, 0.29) is 47.8 Å². The monoisotopic (exact) mass is 581 g/mol. The van der Waals surface area contributed by atoms with Crippen LogP contribution in [0.1, 0.15) is 41.0 Å². The van der Waals surface area contributed by atoms with Crippen molar-refractivity contribution in [3.63, 3.8) is 0 Å². The van der Waals surface area contributed by atoms with Gasteiger partial charge in [0.2, 0.25) is 0 Å². The van der Waals surface area contributed by atoms with Gasteiger partial charge in [-0.1, -0.05) is 37.6 Å². The smallest absolute Gasteiger partial charge is 0.546 e. The number of alkyl halides is 3. The summed E-state index contributed by atoms with van der Waals surface area (Å²) in [6.07, 6.45) is -6.06. The molecule has 1 aromatic heterocycles.